The van der Waals surface area contributed by atoms with E-state index in [-0.39, 0.29) is 24.0 Å². The zero-order valence-electron chi connectivity index (χ0n) is 12.2. The summed E-state index contributed by atoms with van der Waals surface area (Å²) in [5.74, 6) is 0.358. The number of hydrogen-bond donors (Lipinski definition) is 1. The summed E-state index contributed by atoms with van der Waals surface area (Å²) in [5.41, 5.74) is 5.99. The Morgan fingerprint density at radius 2 is 2.19 bits per heavy atom. The molecule has 1 heterocycles. The van der Waals surface area contributed by atoms with Gasteiger partial charge in [0, 0.05) is 30.2 Å². The van der Waals surface area contributed by atoms with Gasteiger partial charge >= 0.3 is 0 Å². The van der Waals surface area contributed by atoms with Crippen molar-refractivity contribution in [3.8, 4) is 5.75 Å². The van der Waals surface area contributed by atoms with Crippen molar-refractivity contribution < 1.29 is 9.53 Å². The van der Waals surface area contributed by atoms with Gasteiger partial charge in [0.2, 0.25) is 0 Å². The quantitative estimate of drug-likeness (QED) is 0.926. The number of rotatable bonds is 3. The van der Waals surface area contributed by atoms with Gasteiger partial charge in [-0.15, -0.1) is 0 Å². The molecule has 2 N–H and O–H groups in total. The summed E-state index contributed by atoms with van der Waals surface area (Å²) in [7, 11) is 0. The molecule has 1 saturated heterocycles. The number of nitrogens with zero attached hydrogens (tertiary/aromatic N) is 1. The molecule has 1 aromatic carbocycles. The van der Waals surface area contributed by atoms with E-state index in [0.29, 0.717) is 28.9 Å². The maximum atomic E-state index is 12.2. The van der Waals surface area contributed by atoms with E-state index in [1.807, 2.05) is 0 Å². The summed E-state index contributed by atoms with van der Waals surface area (Å²) in [6.07, 6.45) is 0.802. The first kappa shape index (κ1) is 16.4. The Hall–Kier alpha value is -0.970. The fourth-order valence-corrected chi connectivity index (χ4v) is 2.74. The molecule has 0 spiro atoms. The van der Waals surface area contributed by atoms with Crippen molar-refractivity contribution in [2.45, 2.75) is 26.3 Å². The lowest BCUT2D eigenvalue weighted by molar-refractivity contribution is -0.136. The third kappa shape index (κ3) is 4.02. The fourth-order valence-electron chi connectivity index (χ4n) is 2.41. The van der Waals surface area contributed by atoms with Crippen LogP contribution in [0.3, 0.4) is 0 Å². The normalized spacial score (nSPS) is 21.2. The van der Waals surface area contributed by atoms with Gasteiger partial charge in [-0.05, 0) is 24.0 Å². The van der Waals surface area contributed by atoms with E-state index in [1.54, 1.807) is 23.1 Å². The Morgan fingerprint density at radius 3 is 2.86 bits per heavy atom. The highest BCUT2D eigenvalue weighted by atomic mass is 35.5. The first-order chi connectivity index (χ1) is 9.79. The highest BCUT2D eigenvalue weighted by molar-refractivity contribution is 6.34. The van der Waals surface area contributed by atoms with Gasteiger partial charge in [0.25, 0.3) is 5.91 Å². The Kier molecular flexibility index (Phi) is 5.02. The van der Waals surface area contributed by atoms with E-state index in [4.69, 9.17) is 33.7 Å². The number of halogens is 2. The second-order valence-electron chi connectivity index (χ2n) is 6.06. The van der Waals surface area contributed by atoms with Crippen LogP contribution < -0.4 is 10.5 Å². The van der Waals surface area contributed by atoms with Crippen molar-refractivity contribution in [2.75, 3.05) is 19.7 Å². The monoisotopic (exact) mass is 330 g/mol. The van der Waals surface area contributed by atoms with Crippen molar-refractivity contribution >= 4 is 29.1 Å². The molecule has 1 atom stereocenters. The second-order valence-corrected chi connectivity index (χ2v) is 6.91. The van der Waals surface area contributed by atoms with Gasteiger partial charge in [-0.1, -0.05) is 37.0 Å². The molecule has 0 aliphatic carbocycles. The summed E-state index contributed by atoms with van der Waals surface area (Å²) < 4.78 is 5.49. The third-order valence-corrected chi connectivity index (χ3v) is 4.46. The van der Waals surface area contributed by atoms with Gasteiger partial charge in [0.15, 0.2) is 6.61 Å². The van der Waals surface area contributed by atoms with Gasteiger partial charge in [0.1, 0.15) is 5.75 Å². The van der Waals surface area contributed by atoms with Gasteiger partial charge in [0.05, 0.1) is 5.02 Å². The minimum atomic E-state index is -0.0817. The van der Waals surface area contributed by atoms with E-state index >= 15 is 0 Å². The summed E-state index contributed by atoms with van der Waals surface area (Å²) in [6.45, 7) is 5.40. The van der Waals surface area contributed by atoms with Crippen LogP contribution in [0.25, 0.3) is 0 Å². The molecule has 1 fully saturated rings. The molecular formula is C15H20Cl2N2O2. The van der Waals surface area contributed by atoms with Crippen LogP contribution in [0.4, 0.5) is 0 Å². The molecule has 4 nitrogen and oxygen atoms in total. The van der Waals surface area contributed by atoms with Crippen molar-refractivity contribution in [3.05, 3.63) is 28.2 Å². The molecule has 21 heavy (non-hydrogen) atoms. The number of likely N-dealkylation sites (tertiary alicyclic amines) is 1. The van der Waals surface area contributed by atoms with Crippen LogP contribution in [0, 0.1) is 5.41 Å². The maximum absolute atomic E-state index is 12.2. The Bertz CT molecular complexity index is 534. The maximum Gasteiger partial charge on any atom is 0.260 e. The smallest absolute Gasteiger partial charge is 0.260 e. The van der Waals surface area contributed by atoms with E-state index < -0.39 is 0 Å². The molecule has 0 bridgehead atoms. The molecule has 1 aromatic rings. The minimum absolute atomic E-state index is 0.0502. The van der Waals surface area contributed by atoms with Crippen LogP contribution in [0.15, 0.2) is 18.2 Å². The Balaban J connectivity index is 1.95. The highest BCUT2D eigenvalue weighted by Crippen LogP contribution is 2.29. The molecule has 1 aliphatic rings. The van der Waals surface area contributed by atoms with Crippen molar-refractivity contribution in [1.29, 1.82) is 0 Å². The molecular weight excluding hydrogens is 311 g/mol. The molecule has 6 heteroatoms. The molecule has 1 amide bonds. The van der Waals surface area contributed by atoms with Gasteiger partial charge in [-0.25, -0.2) is 0 Å². The van der Waals surface area contributed by atoms with Crippen LogP contribution >= 0.6 is 23.2 Å². The van der Waals surface area contributed by atoms with Crippen LogP contribution in [-0.2, 0) is 4.79 Å². The predicted molar refractivity (Wildman–Crippen MR) is 84.9 cm³/mol. The number of benzene rings is 1. The fraction of sp³-hybridized carbons (Fsp3) is 0.533. The number of carbonyl (C=O) groups excluding carboxylic acids is 1. The standard InChI is InChI=1S/C15H20Cl2N2O2/c1-15(2)9-19(6-5-13(15)18)14(20)8-21-12-7-10(16)3-4-11(12)17/h3-4,7,13H,5-6,8-9,18H2,1-2H3. The van der Waals surface area contributed by atoms with Gasteiger partial charge in [-0.2, -0.15) is 0 Å². The second kappa shape index (κ2) is 6.42. The van der Waals surface area contributed by atoms with Crippen molar-refractivity contribution in [2.24, 2.45) is 11.1 Å². The number of hydrogen-bond acceptors (Lipinski definition) is 3. The van der Waals surface area contributed by atoms with Crippen LogP contribution in [0.5, 0.6) is 5.75 Å². The molecule has 0 radical (unpaired) electrons. The third-order valence-electron chi connectivity index (χ3n) is 3.91. The van der Waals surface area contributed by atoms with Gasteiger partial charge in [-0.3, -0.25) is 4.79 Å². The number of piperidine rings is 1. The highest BCUT2D eigenvalue weighted by Gasteiger charge is 2.35. The molecule has 0 aromatic heterocycles. The Labute approximate surface area is 135 Å². The SMILES string of the molecule is CC1(C)CN(C(=O)COc2cc(Cl)ccc2Cl)CCC1N. The lowest BCUT2D eigenvalue weighted by Gasteiger charge is -2.42. The zero-order valence-corrected chi connectivity index (χ0v) is 13.7. The molecule has 1 aliphatic heterocycles. The summed E-state index contributed by atoms with van der Waals surface area (Å²) in [4.78, 5) is 14.0. The van der Waals surface area contributed by atoms with Crippen molar-refractivity contribution in [1.82, 2.24) is 4.90 Å². The summed E-state index contributed by atoms with van der Waals surface area (Å²) >= 11 is 11.9. The topological polar surface area (TPSA) is 55.6 Å². The number of ether oxygens (including phenoxy) is 1. The number of nitrogens with two attached hydrogens (primary N) is 1. The minimum Gasteiger partial charge on any atom is -0.482 e. The lowest BCUT2D eigenvalue weighted by Crippen LogP contribution is -2.54. The lowest BCUT2D eigenvalue weighted by atomic mass is 9.80. The van der Waals surface area contributed by atoms with Crippen LogP contribution in [0.1, 0.15) is 20.3 Å². The van der Waals surface area contributed by atoms with Gasteiger partial charge < -0.3 is 15.4 Å². The van der Waals surface area contributed by atoms with E-state index in [1.165, 1.54) is 0 Å². The summed E-state index contributed by atoms with van der Waals surface area (Å²) in [6, 6.07) is 5.04. The average Bonchev–Trinajstić information content (AvgIpc) is 2.42. The number of amides is 1. The predicted octanol–water partition coefficient (Wildman–Crippen LogP) is 2.96. The van der Waals surface area contributed by atoms with E-state index in [9.17, 15) is 4.79 Å². The van der Waals surface area contributed by atoms with E-state index in [2.05, 4.69) is 13.8 Å². The molecule has 0 saturated carbocycles. The molecule has 2 rings (SSSR count). The van der Waals surface area contributed by atoms with E-state index in [0.717, 1.165) is 6.42 Å². The summed E-state index contributed by atoms with van der Waals surface area (Å²) in [5, 5.41) is 0.958. The first-order valence-corrected chi connectivity index (χ1v) is 7.66. The largest absolute Gasteiger partial charge is 0.482 e. The molecule has 116 valence electrons. The first-order valence-electron chi connectivity index (χ1n) is 6.91. The zero-order chi connectivity index (χ0) is 15.6. The molecule has 1 unspecified atom stereocenters. The van der Waals surface area contributed by atoms with Crippen LogP contribution in [-0.4, -0.2) is 36.5 Å². The van der Waals surface area contributed by atoms with Crippen molar-refractivity contribution in [3.63, 3.8) is 0 Å². The Morgan fingerprint density at radius 1 is 1.48 bits per heavy atom. The van der Waals surface area contributed by atoms with Crippen LogP contribution in [0.2, 0.25) is 10.0 Å². The number of carbonyl (C=O) groups is 1. The average molecular weight is 331 g/mol.